The Kier molecular flexibility index (Phi) is 4.84. The van der Waals surface area contributed by atoms with Crippen LogP contribution < -0.4 is 4.83 Å². The number of hydrogen-bond donors (Lipinski definition) is 1. The fourth-order valence-corrected chi connectivity index (χ4v) is 2.48. The van der Waals surface area contributed by atoms with E-state index in [4.69, 9.17) is 0 Å². The molecule has 0 bridgehead atoms. The lowest BCUT2D eigenvalue weighted by Crippen LogP contribution is -2.18. The zero-order chi connectivity index (χ0) is 17.7. The molecule has 2 aromatic carbocycles. The molecule has 10 nitrogen and oxygen atoms in total. The van der Waals surface area contributed by atoms with Crippen LogP contribution in [-0.4, -0.2) is 24.5 Å². The van der Waals surface area contributed by atoms with Crippen LogP contribution in [0.4, 0.5) is 11.4 Å². The number of nitrogens with zero attached hydrogens (tertiary/aromatic N) is 3. The van der Waals surface area contributed by atoms with Crippen molar-refractivity contribution in [2.75, 3.05) is 0 Å². The molecule has 124 valence electrons. The van der Waals surface area contributed by atoms with E-state index in [2.05, 4.69) is 5.10 Å². The highest BCUT2D eigenvalue weighted by atomic mass is 32.2. The molecule has 0 fully saturated rings. The van der Waals surface area contributed by atoms with Gasteiger partial charge in [0.15, 0.2) is 0 Å². The van der Waals surface area contributed by atoms with Gasteiger partial charge in [-0.25, -0.2) is 4.83 Å². The molecule has 0 saturated carbocycles. The highest BCUT2D eigenvalue weighted by molar-refractivity contribution is 7.89. The fourth-order valence-electron chi connectivity index (χ4n) is 1.69. The van der Waals surface area contributed by atoms with Crippen molar-refractivity contribution in [2.45, 2.75) is 4.90 Å². The summed E-state index contributed by atoms with van der Waals surface area (Å²) in [6.07, 6.45) is 1.11. The maximum Gasteiger partial charge on any atom is 0.276 e. The molecule has 0 aliphatic carbocycles. The number of nitrogens with one attached hydrogen (secondary N) is 1. The van der Waals surface area contributed by atoms with Crippen LogP contribution in [0.15, 0.2) is 58.5 Å². The van der Waals surface area contributed by atoms with E-state index < -0.39 is 19.9 Å². The number of rotatable bonds is 6. The molecule has 0 aromatic heterocycles. The summed E-state index contributed by atoms with van der Waals surface area (Å²) in [5.74, 6) is 0. The number of hydrogen-bond acceptors (Lipinski definition) is 7. The maximum atomic E-state index is 12.0. The zero-order valence-corrected chi connectivity index (χ0v) is 12.7. The van der Waals surface area contributed by atoms with Crippen LogP contribution in [-0.2, 0) is 10.0 Å². The van der Waals surface area contributed by atoms with E-state index in [0.29, 0.717) is 5.56 Å². The second kappa shape index (κ2) is 6.83. The molecule has 0 unspecified atom stereocenters. The van der Waals surface area contributed by atoms with Crippen LogP contribution in [0.3, 0.4) is 0 Å². The summed E-state index contributed by atoms with van der Waals surface area (Å²) >= 11 is 0. The summed E-state index contributed by atoms with van der Waals surface area (Å²) in [6, 6.07) is 9.72. The van der Waals surface area contributed by atoms with Gasteiger partial charge < -0.3 is 0 Å². The molecule has 0 radical (unpaired) electrons. The second-order valence-electron chi connectivity index (χ2n) is 4.46. The van der Waals surface area contributed by atoms with Crippen LogP contribution in [0.1, 0.15) is 5.56 Å². The van der Waals surface area contributed by atoms with Gasteiger partial charge in [-0.1, -0.05) is 12.1 Å². The molecular weight excluding hydrogens is 340 g/mol. The standard InChI is InChI=1S/C13H10N4O6S/c18-16(19)11-4-6-13(7-5-11)24(22,23)15-14-9-10-2-1-3-12(8-10)17(20)21/h1-9,15H/b14-9+. The molecule has 1 N–H and O–H groups in total. The lowest BCUT2D eigenvalue weighted by Gasteiger charge is -2.02. The summed E-state index contributed by atoms with van der Waals surface area (Å²) in [5, 5.41) is 24.7. The highest BCUT2D eigenvalue weighted by Gasteiger charge is 2.14. The first-order valence-corrected chi connectivity index (χ1v) is 7.82. The lowest BCUT2D eigenvalue weighted by atomic mass is 10.2. The molecule has 2 aromatic rings. The fraction of sp³-hybridized carbons (Fsp3) is 0. The Balaban J connectivity index is 2.13. The molecule has 0 amide bonds. The molecule has 0 aliphatic heterocycles. The molecule has 0 atom stereocenters. The summed E-state index contributed by atoms with van der Waals surface area (Å²) in [7, 11) is -4.00. The first kappa shape index (κ1) is 17.0. The Morgan fingerprint density at radius 2 is 1.58 bits per heavy atom. The van der Waals surface area contributed by atoms with Crippen LogP contribution in [0.5, 0.6) is 0 Å². The number of nitro benzene ring substituents is 2. The lowest BCUT2D eigenvalue weighted by molar-refractivity contribution is -0.385. The Morgan fingerprint density at radius 1 is 0.958 bits per heavy atom. The van der Waals surface area contributed by atoms with Crippen LogP contribution in [0.2, 0.25) is 0 Å². The predicted octanol–water partition coefficient (Wildman–Crippen LogP) is 1.82. The minimum Gasteiger partial charge on any atom is -0.258 e. The Bertz CT molecular complexity index is 908. The third-order valence-corrected chi connectivity index (χ3v) is 4.06. The van der Waals surface area contributed by atoms with Gasteiger partial charge >= 0.3 is 0 Å². The van der Waals surface area contributed by atoms with E-state index in [-0.39, 0.29) is 16.3 Å². The third kappa shape index (κ3) is 4.10. The van der Waals surface area contributed by atoms with E-state index in [1.165, 1.54) is 24.3 Å². The Morgan fingerprint density at radius 3 is 2.17 bits per heavy atom. The van der Waals surface area contributed by atoms with E-state index in [0.717, 1.165) is 30.5 Å². The van der Waals surface area contributed by atoms with Gasteiger partial charge in [-0.3, -0.25) is 20.2 Å². The Labute approximate surface area is 135 Å². The number of hydrazone groups is 1. The summed E-state index contributed by atoms with van der Waals surface area (Å²) < 4.78 is 24.0. The van der Waals surface area contributed by atoms with Crippen LogP contribution in [0, 0.1) is 20.2 Å². The highest BCUT2D eigenvalue weighted by Crippen LogP contribution is 2.15. The van der Waals surface area contributed by atoms with Crippen LogP contribution >= 0.6 is 0 Å². The number of benzene rings is 2. The molecule has 0 spiro atoms. The normalized spacial score (nSPS) is 11.3. The van der Waals surface area contributed by atoms with Crippen molar-refractivity contribution in [1.82, 2.24) is 4.83 Å². The third-order valence-electron chi connectivity index (χ3n) is 2.83. The van der Waals surface area contributed by atoms with Crippen molar-refractivity contribution < 1.29 is 18.3 Å². The maximum absolute atomic E-state index is 12.0. The van der Waals surface area contributed by atoms with E-state index >= 15 is 0 Å². The number of nitro groups is 2. The Hall–Kier alpha value is -3.34. The van der Waals surface area contributed by atoms with Crippen molar-refractivity contribution in [3.05, 3.63) is 74.3 Å². The minimum atomic E-state index is -4.00. The smallest absolute Gasteiger partial charge is 0.258 e. The summed E-state index contributed by atoms with van der Waals surface area (Å²) in [4.78, 5) is 21.7. The van der Waals surface area contributed by atoms with Gasteiger partial charge in [0, 0.05) is 29.8 Å². The van der Waals surface area contributed by atoms with Gasteiger partial charge in [0.1, 0.15) is 0 Å². The molecule has 0 heterocycles. The van der Waals surface area contributed by atoms with E-state index in [9.17, 15) is 28.6 Å². The first-order chi connectivity index (χ1) is 11.3. The summed E-state index contributed by atoms with van der Waals surface area (Å²) in [5.41, 5.74) is -0.0678. The van der Waals surface area contributed by atoms with Crippen molar-refractivity contribution in [2.24, 2.45) is 5.10 Å². The van der Waals surface area contributed by atoms with Gasteiger partial charge in [0.2, 0.25) is 0 Å². The van der Waals surface area contributed by atoms with E-state index in [1.807, 2.05) is 4.83 Å². The van der Waals surface area contributed by atoms with Gasteiger partial charge in [-0.05, 0) is 12.1 Å². The van der Waals surface area contributed by atoms with Gasteiger partial charge in [0.25, 0.3) is 21.4 Å². The van der Waals surface area contributed by atoms with Crippen LogP contribution in [0.25, 0.3) is 0 Å². The van der Waals surface area contributed by atoms with Crippen molar-refractivity contribution in [3.63, 3.8) is 0 Å². The molecule has 0 saturated heterocycles. The molecule has 24 heavy (non-hydrogen) atoms. The van der Waals surface area contributed by atoms with Crippen molar-refractivity contribution in [3.8, 4) is 0 Å². The topological polar surface area (TPSA) is 145 Å². The monoisotopic (exact) mass is 350 g/mol. The molecule has 11 heteroatoms. The van der Waals surface area contributed by atoms with Crippen molar-refractivity contribution >= 4 is 27.6 Å². The quantitative estimate of drug-likeness (QED) is 0.478. The first-order valence-electron chi connectivity index (χ1n) is 6.33. The number of sulfonamides is 1. The molecule has 0 aliphatic rings. The zero-order valence-electron chi connectivity index (χ0n) is 11.9. The summed E-state index contributed by atoms with van der Waals surface area (Å²) in [6.45, 7) is 0. The second-order valence-corrected chi connectivity index (χ2v) is 6.12. The average Bonchev–Trinajstić information content (AvgIpc) is 2.55. The van der Waals surface area contributed by atoms with E-state index in [1.54, 1.807) is 0 Å². The molecule has 2 rings (SSSR count). The number of non-ortho nitro benzene ring substituents is 2. The van der Waals surface area contributed by atoms with Gasteiger partial charge in [0.05, 0.1) is 21.0 Å². The van der Waals surface area contributed by atoms with Gasteiger partial charge in [-0.2, -0.15) is 13.5 Å². The average molecular weight is 350 g/mol. The largest absolute Gasteiger partial charge is 0.276 e. The minimum absolute atomic E-state index is 0.155. The SMILES string of the molecule is O=[N+]([O-])c1ccc(S(=O)(=O)N/N=C/c2cccc([N+](=O)[O-])c2)cc1. The molecular formula is C13H10N4O6S. The van der Waals surface area contributed by atoms with Crippen molar-refractivity contribution in [1.29, 1.82) is 0 Å². The van der Waals surface area contributed by atoms with Gasteiger partial charge in [-0.15, -0.1) is 0 Å². The predicted molar refractivity (Wildman–Crippen MR) is 84.1 cm³/mol.